The number of pyridine rings is 1. The molecule has 0 saturated heterocycles. The van der Waals surface area contributed by atoms with Crippen LogP contribution in [0, 0.1) is 0 Å². The van der Waals surface area contributed by atoms with Crippen LogP contribution in [0.1, 0.15) is 0 Å². The van der Waals surface area contributed by atoms with Crippen molar-refractivity contribution < 1.29 is 4.42 Å². The predicted octanol–water partition coefficient (Wildman–Crippen LogP) is 10.9. The fourth-order valence-electron chi connectivity index (χ4n) is 7.97. The van der Waals surface area contributed by atoms with E-state index in [1.165, 1.54) is 10.8 Å². The number of rotatable bonds is 2. The quantitative estimate of drug-likeness (QED) is 0.185. The van der Waals surface area contributed by atoms with E-state index < -0.39 is 0 Å². The van der Waals surface area contributed by atoms with Gasteiger partial charge in [-0.25, -0.2) is 0 Å². The molecule has 0 unspecified atom stereocenters. The van der Waals surface area contributed by atoms with Crippen LogP contribution in [0.25, 0.3) is 98.5 Å². The smallest absolute Gasteiger partial charge is 0.263 e. The molecule has 0 radical (unpaired) electrons. The second kappa shape index (κ2) is 8.87. The van der Waals surface area contributed by atoms with Crippen molar-refractivity contribution in [2.45, 2.75) is 0 Å². The van der Waals surface area contributed by atoms with Crippen molar-refractivity contribution in [2.24, 2.45) is 0 Å². The Kier molecular flexibility index (Phi) is 4.69. The molecule has 7 aromatic carbocycles. The average molecular weight is 601 g/mol. The lowest BCUT2D eigenvalue weighted by Crippen LogP contribution is -2.12. The molecule has 0 amide bonds. The standard InChI is InChI=1S/C43H24N2O2/c46-43-33-11-2-1-8-28(33)31-12-7-13-32-34-22-26(18-21-38(34)45(43)42(31)32)25-16-19-27(20-17-25)44-37-14-5-3-9-29(37)35-23-36-30-10-4-6-15-40(30)47-41(36)24-39(35)44/h1-24H. The van der Waals surface area contributed by atoms with Crippen molar-refractivity contribution in [2.75, 3.05) is 0 Å². The normalized spacial score (nSPS) is 12.3. The van der Waals surface area contributed by atoms with E-state index in [1.807, 2.05) is 40.8 Å². The molecule has 11 rings (SSSR count). The third-order valence-electron chi connectivity index (χ3n) is 10.1. The lowest BCUT2D eigenvalue weighted by molar-refractivity contribution is 0.669. The monoisotopic (exact) mass is 600 g/mol. The van der Waals surface area contributed by atoms with Crippen molar-refractivity contribution in [3.8, 4) is 16.8 Å². The second-order valence-electron chi connectivity index (χ2n) is 12.5. The van der Waals surface area contributed by atoms with E-state index in [9.17, 15) is 4.79 Å². The summed E-state index contributed by atoms with van der Waals surface area (Å²) in [5.74, 6) is 0. The van der Waals surface area contributed by atoms with Gasteiger partial charge in [0.2, 0.25) is 0 Å². The maximum absolute atomic E-state index is 13.7. The number of aromatic nitrogens is 2. The van der Waals surface area contributed by atoms with Crippen LogP contribution in [0.2, 0.25) is 0 Å². The second-order valence-corrected chi connectivity index (χ2v) is 12.5. The van der Waals surface area contributed by atoms with Gasteiger partial charge in [-0.15, -0.1) is 0 Å². The van der Waals surface area contributed by atoms with Crippen LogP contribution in [0.3, 0.4) is 0 Å². The highest BCUT2D eigenvalue weighted by Gasteiger charge is 2.19. The predicted molar refractivity (Wildman–Crippen MR) is 194 cm³/mol. The maximum Gasteiger partial charge on any atom is 0.263 e. The van der Waals surface area contributed by atoms with Crippen LogP contribution in [0.15, 0.2) is 155 Å². The number of benzene rings is 7. The largest absolute Gasteiger partial charge is 0.456 e. The molecule has 0 atom stereocenters. The molecule has 0 aliphatic heterocycles. The molecule has 47 heavy (non-hydrogen) atoms. The van der Waals surface area contributed by atoms with Crippen LogP contribution in [0.4, 0.5) is 0 Å². The van der Waals surface area contributed by atoms with E-state index in [-0.39, 0.29) is 5.56 Å². The molecule has 0 bridgehead atoms. The van der Waals surface area contributed by atoms with Gasteiger partial charge in [0.05, 0.1) is 22.1 Å². The molecule has 11 aromatic rings. The summed E-state index contributed by atoms with van der Waals surface area (Å²) in [5.41, 5.74) is 9.36. The zero-order chi connectivity index (χ0) is 30.8. The summed E-state index contributed by atoms with van der Waals surface area (Å²) >= 11 is 0. The number of para-hydroxylation sites is 3. The molecule has 0 aliphatic rings. The van der Waals surface area contributed by atoms with Gasteiger partial charge in [-0.2, -0.15) is 0 Å². The van der Waals surface area contributed by atoms with Gasteiger partial charge in [-0.05, 0) is 65.0 Å². The van der Waals surface area contributed by atoms with Crippen molar-refractivity contribution >= 4 is 81.7 Å². The molecule has 0 aliphatic carbocycles. The van der Waals surface area contributed by atoms with Crippen LogP contribution in [0.5, 0.6) is 0 Å². The van der Waals surface area contributed by atoms with Crippen LogP contribution in [-0.2, 0) is 0 Å². The van der Waals surface area contributed by atoms with E-state index in [0.29, 0.717) is 0 Å². The van der Waals surface area contributed by atoms with Gasteiger partial charge in [0.15, 0.2) is 0 Å². The molecule has 4 aromatic heterocycles. The lowest BCUT2D eigenvalue weighted by Gasteiger charge is -2.10. The average Bonchev–Trinajstić information content (AvgIpc) is 3.77. The van der Waals surface area contributed by atoms with Crippen molar-refractivity contribution in [3.05, 3.63) is 156 Å². The first kappa shape index (κ1) is 24.9. The highest BCUT2D eigenvalue weighted by molar-refractivity contribution is 6.21. The summed E-state index contributed by atoms with van der Waals surface area (Å²) in [5, 5.41) is 9.73. The molecule has 0 fully saturated rings. The highest BCUT2D eigenvalue weighted by atomic mass is 16.3. The number of fused-ring (bicyclic) bond motifs is 11. The summed E-state index contributed by atoms with van der Waals surface area (Å²) < 4.78 is 10.5. The molecular weight excluding hydrogens is 576 g/mol. The van der Waals surface area contributed by atoms with Crippen LogP contribution >= 0.6 is 0 Å². The first-order valence-corrected chi connectivity index (χ1v) is 15.9. The van der Waals surface area contributed by atoms with Gasteiger partial charge >= 0.3 is 0 Å². The number of nitrogens with zero attached hydrogens (tertiary/aromatic N) is 2. The summed E-state index contributed by atoms with van der Waals surface area (Å²) in [4.78, 5) is 13.7. The van der Waals surface area contributed by atoms with E-state index in [0.717, 1.165) is 87.8 Å². The third-order valence-corrected chi connectivity index (χ3v) is 10.1. The summed E-state index contributed by atoms with van der Waals surface area (Å²) in [6.07, 6.45) is 0. The summed E-state index contributed by atoms with van der Waals surface area (Å²) in [6.45, 7) is 0. The molecule has 4 heteroatoms. The molecule has 0 spiro atoms. The van der Waals surface area contributed by atoms with Gasteiger partial charge in [0.25, 0.3) is 5.56 Å². The third kappa shape index (κ3) is 3.23. The van der Waals surface area contributed by atoms with Crippen LogP contribution in [-0.4, -0.2) is 8.97 Å². The highest BCUT2D eigenvalue weighted by Crippen LogP contribution is 2.39. The number of hydrogen-bond donors (Lipinski definition) is 0. The molecular formula is C43H24N2O2. The van der Waals surface area contributed by atoms with Crippen molar-refractivity contribution in [1.29, 1.82) is 0 Å². The maximum atomic E-state index is 13.7. The first-order valence-electron chi connectivity index (χ1n) is 15.9. The summed E-state index contributed by atoms with van der Waals surface area (Å²) in [6, 6.07) is 50.8. The van der Waals surface area contributed by atoms with Gasteiger partial charge in [0, 0.05) is 54.8 Å². The van der Waals surface area contributed by atoms with Crippen LogP contribution < -0.4 is 5.56 Å². The van der Waals surface area contributed by atoms with Gasteiger partial charge in [-0.3, -0.25) is 9.20 Å². The van der Waals surface area contributed by atoms with Crippen molar-refractivity contribution in [3.63, 3.8) is 0 Å². The minimum Gasteiger partial charge on any atom is -0.456 e. The molecule has 4 heterocycles. The van der Waals surface area contributed by atoms with Crippen molar-refractivity contribution in [1.82, 2.24) is 8.97 Å². The fraction of sp³-hybridized carbons (Fsp3) is 0. The Balaban J connectivity index is 1.09. The minimum atomic E-state index is 0.0301. The lowest BCUT2D eigenvalue weighted by atomic mass is 10.0. The Morgan fingerprint density at radius 1 is 0.404 bits per heavy atom. The van der Waals surface area contributed by atoms with E-state index in [4.69, 9.17) is 4.42 Å². The zero-order valence-electron chi connectivity index (χ0n) is 25.1. The molecule has 4 nitrogen and oxygen atoms in total. The Morgan fingerprint density at radius 2 is 1.06 bits per heavy atom. The molecule has 218 valence electrons. The SMILES string of the molecule is O=c1c2ccccc2c2cccc3c4cc(-c5ccc(-n6c7ccccc7c7cc8c(cc76)oc6ccccc68)cc5)ccc4n1c23. The molecule has 0 N–H and O–H groups in total. The summed E-state index contributed by atoms with van der Waals surface area (Å²) in [7, 11) is 0. The zero-order valence-corrected chi connectivity index (χ0v) is 25.1. The first-order chi connectivity index (χ1) is 23.2. The van der Waals surface area contributed by atoms with E-state index in [1.54, 1.807) is 0 Å². The topological polar surface area (TPSA) is 39.5 Å². The van der Waals surface area contributed by atoms with Gasteiger partial charge in [0.1, 0.15) is 11.2 Å². The Hall–Kier alpha value is -6.39. The van der Waals surface area contributed by atoms with E-state index >= 15 is 0 Å². The van der Waals surface area contributed by atoms with Gasteiger partial charge in [-0.1, -0.05) is 91.0 Å². The number of furan rings is 1. The Bertz CT molecular complexity index is 3140. The minimum absolute atomic E-state index is 0.0301. The van der Waals surface area contributed by atoms with E-state index in [2.05, 4.69) is 114 Å². The molecule has 0 saturated carbocycles. The fourth-order valence-corrected chi connectivity index (χ4v) is 7.97. The van der Waals surface area contributed by atoms with Gasteiger partial charge < -0.3 is 8.98 Å². The number of hydrogen-bond acceptors (Lipinski definition) is 2. The Labute approximate surface area is 267 Å². The Morgan fingerprint density at radius 3 is 1.91 bits per heavy atom.